The second kappa shape index (κ2) is 10.6. The number of benzene rings is 1. The smallest absolute Gasteiger partial charge is 0.246 e. The van der Waals surface area contributed by atoms with Crippen LogP contribution in [0.1, 0.15) is 38.4 Å². The van der Waals surface area contributed by atoms with Gasteiger partial charge in [0.05, 0.1) is 28.7 Å². The van der Waals surface area contributed by atoms with Gasteiger partial charge in [-0.2, -0.15) is 0 Å². The van der Waals surface area contributed by atoms with E-state index in [2.05, 4.69) is 15.6 Å². The molecule has 5 N–H and O–H groups in total. The first kappa shape index (κ1) is 25.8. The van der Waals surface area contributed by atoms with Crippen LogP contribution < -0.4 is 16.4 Å². The van der Waals surface area contributed by atoms with Crippen molar-refractivity contribution in [1.82, 2.24) is 20.5 Å². The number of thiazole rings is 1. The number of carbonyl (C=O) groups excluding carboxylic acids is 3. The van der Waals surface area contributed by atoms with Gasteiger partial charge in [-0.1, -0.05) is 45.0 Å². The topological polar surface area (TPSA) is 138 Å². The van der Waals surface area contributed by atoms with Gasteiger partial charge < -0.3 is 26.4 Å². The van der Waals surface area contributed by atoms with Gasteiger partial charge >= 0.3 is 0 Å². The van der Waals surface area contributed by atoms with Crippen LogP contribution >= 0.6 is 11.3 Å². The number of β-amino-alcohol motifs (C(OH)–C–C–N with tert-alkyl or cyclic N) is 1. The van der Waals surface area contributed by atoms with Crippen molar-refractivity contribution in [3.8, 4) is 10.4 Å². The number of amides is 3. The number of aliphatic hydroxyl groups is 1. The molecule has 1 fully saturated rings. The molecular formula is C24H33N5O4S. The molecule has 2 heterocycles. The van der Waals surface area contributed by atoms with Crippen LogP contribution in [0, 0.1) is 12.3 Å². The number of hydrogen-bond donors (Lipinski definition) is 4. The standard InChI is InChI=1S/C24H33N5O4S/c1-14-20(34-13-27-14)16-7-5-15(6-8-16)11-26-22(32)18-9-17(30)12-29(18)23(33)21(24(2,3)4)28-19(31)10-25/h5-8,13,17-18,21,30H,9-12,25H2,1-4H3,(H,26,32)(H,28,31)/t17-,18?,21?/m1/s1. The molecule has 1 aliphatic heterocycles. The monoisotopic (exact) mass is 487 g/mol. The highest BCUT2D eigenvalue weighted by atomic mass is 32.1. The Labute approximate surface area is 203 Å². The molecule has 0 bridgehead atoms. The molecule has 0 spiro atoms. The molecule has 184 valence electrons. The van der Waals surface area contributed by atoms with Crippen molar-refractivity contribution in [2.24, 2.45) is 11.1 Å². The third-order valence-corrected chi connectivity index (χ3v) is 6.87. The van der Waals surface area contributed by atoms with Crippen LogP contribution in [0.15, 0.2) is 29.8 Å². The van der Waals surface area contributed by atoms with Crippen LogP contribution in [0.5, 0.6) is 0 Å². The summed E-state index contributed by atoms with van der Waals surface area (Å²) in [5.74, 6) is -1.20. The largest absolute Gasteiger partial charge is 0.391 e. The predicted molar refractivity (Wildman–Crippen MR) is 131 cm³/mol. The van der Waals surface area contributed by atoms with Gasteiger partial charge in [0.2, 0.25) is 17.7 Å². The number of aromatic nitrogens is 1. The first-order chi connectivity index (χ1) is 16.0. The minimum atomic E-state index is -0.869. The molecule has 3 atom stereocenters. The van der Waals surface area contributed by atoms with Crippen molar-refractivity contribution in [2.45, 2.75) is 58.8 Å². The minimum Gasteiger partial charge on any atom is -0.391 e. The summed E-state index contributed by atoms with van der Waals surface area (Å²) in [6, 6.07) is 6.18. The van der Waals surface area contributed by atoms with Gasteiger partial charge in [-0.25, -0.2) is 4.98 Å². The van der Waals surface area contributed by atoms with E-state index < -0.39 is 35.4 Å². The van der Waals surface area contributed by atoms with Crippen molar-refractivity contribution in [3.63, 3.8) is 0 Å². The molecule has 2 unspecified atom stereocenters. The predicted octanol–water partition coefficient (Wildman–Crippen LogP) is 1.19. The number of aliphatic hydroxyl groups excluding tert-OH is 1. The molecule has 1 aromatic heterocycles. The van der Waals surface area contributed by atoms with E-state index in [1.807, 2.05) is 57.5 Å². The molecule has 3 amide bonds. The highest BCUT2D eigenvalue weighted by Crippen LogP contribution is 2.28. The Kier molecular flexibility index (Phi) is 8.06. The maximum absolute atomic E-state index is 13.3. The number of nitrogens with zero attached hydrogens (tertiary/aromatic N) is 2. The highest BCUT2D eigenvalue weighted by Gasteiger charge is 2.44. The van der Waals surface area contributed by atoms with Gasteiger partial charge in [0.25, 0.3) is 0 Å². The SMILES string of the molecule is Cc1ncsc1-c1ccc(CNC(=O)C2C[C@@H](O)CN2C(=O)C(NC(=O)CN)C(C)(C)C)cc1. The van der Waals surface area contributed by atoms with E-state index in [9.17, 15) is 19.5 Å². The summed E-state index contributed by atoms with van der Waals surface area (Å²) in [4.78, 5) is 45.0. The zero-order chi connectivity index (χ0) is 25.0. The van der Waals surface area contributed by atoms with Crippen molar-refractivity contribution in [1.29, 1.82) is 0 Å². The van der Waals surface area contributed by atoms with Gasteiger partial charge in [0.1, 0.15) is 12.1 Å². The molecule has 0 saturated carbocycles. The quantitative estimate of drug-likeness (QED) is 0.463. The molecule has 1 aromatic carbocycles. The molecule has 10 heteroatoms. The first-order valence-electron chi connectivity index (χ1n) is 11.3. The van der Waals surface area contributed by atoms with E-state index in [0.29, 0.717) is 6.54 Å². The van der Waals surface area contributed by atoms with E-state index in [1.165, 1.54) is 4.90 Å². The Morgan fingerprint density at radius 1 is 1.26 bits per heavy atom. The summed E-state index contributed by atoms with van der Waals surface area (Å²) in [6.45, 7) is 7.53. The number of likely N-dealkylation sites (tertiary alicyclic amines) is 1. The molecule has 3 rings (SSSR count). The van der Waals surface area contributed by atoms with Crippen molar-refractivity contribution in [2.75, 3.05) is 13.1 Å². The number of carbonyl (C=O) groups is 3. The zero-order valence-electron chi connectivity index (χ0n) is 20.0. The summed E-state index contributed by atoms with van der Waals surface area (Å²) in [5.41, 5.74) is 9.58. The molecule has 0 radical (unpaired) electrons. The van der Waals surface area contributed by atoms with Crippen molar-refractivity contribution < 1.29 is 19.5 Å². The average molecular weight is 488 g/mol. The van der Waals surface area contributed by atoms with Crippen molar-refractivity contribution in [3.05, 3.63) is 41.0 Å². The summed E-state index contributed by atoms with van der Waals surface area (Å²) < 4.78 is 0. The second-order valence-corrected chi connectivity index (χ2v) is 10.5. The maximum Gasteiger partial charge on any atom is 0.246 e. The summed E-state index contributed by atoms with van der Waals surface area (Å²) in [7, 11) is 0. The van der Waals surface area contributed by atoms with E-state index in [0.717, 1.165) is 21.7 Å². The Hall–Kier alpha value is -2.82. The fraction of sp³-hybridized carbons (Fsp3) is 0.500. The van der Waals surface area contributed by atoms with Crippen LogP contribution in [0.3, 0.4) is 0 Å². The number of hydrogen-bond acceptors (Lipinski definition) is 7. The van der Waals surface area contributed by atoms with Crippen LogP contribution in [-0.2, 0) is 20.9 Å². The Balaban J connectivity index is 1.67. The van der Waals surface area contributed by atoms with Gasteiger partial charge in [0, 0.05) is 19.5 Å². The van der Waals surface area contributed by atoms with E-state index >= 15 is 0 Å². The van der Waals surface area contributed by atoms with E-state index in [-0.39, 0.29) is 25.4 Å². The summed E-state index contributed by atoms with van der Waals surface area (Å²) in [6.07, 6.45) is -0.671. The number of rotatable bonds is 7. The van der Waals surface area contributed by atoms with Gasteiger partial charge in [0.15, 0.2) is 0 Å². The lowest BCUT2D eigenvalue weighted by Gasteiger charge is -2.35. The summed E-state index contributed by atoms with van der Waals surface area (Å²) >= 11 is 1.58. The van der Waals surface area contributed by atoms with Crippen LogP contribution in [0.2, 0.25) is 0 Å². The van der Waals surface area contributed by atoms with Gasteiger partial charge in [-0.05, 0) is 23.5 Å². The Morgan fingerprint density at radius 3 is 2.50 bits per heavy atom. The molecule has 2 aromatic rings. The average Bonchev–Trinajstić information content (AvgIpc) is 3.40. The van der Waals surface area contributed by atoms with Crippen LogP contribution in [0.4, 0.5) is 0 Å². The number of aryl methyl sites for hydroxylation is 1. The third kappa shape index (κ3) is 5.99. The Morgan fingerprint density at radius 2 is 1.94 bits per heavy atom. The molecular weight excluding hydrogens is 454 g/mol. The van der Waals surface area contributed by atoms with Crippen LogP contribution in [0.25, 0.3) is 10.4 Å². The molecule has 0 aliphatic carbocycles. The lowest BCUT2D eigenvalue weighted by Crippen LogP contribution is -2.58. The third-order valence-electron chi connectivity index (χ3n) is 5.90. The molecule has 34 heavy (non-hydrogen) atoms. The van der Waals surface area contributed by atoms with Crippen LogP contribution in [-0.4, -0.2) is 64.0 Å². The fourth-order valence-corrected chi connectivity index (χ4v) is 4.81. The fourth-order valence-electron chi connectivity index (χ4n) is 4.00. The highest BCUT2D eigenvalue weighted by molar-refractivity contribution is 7.13. The number of nitrogens with two attached hydrogens (primary N) is 1. The Bertz CT molecular complexity index is 1030. The number of nitrogens with one attached hydrogen (secondary N) is 2. The molecule has 9 nitrogen and oxygen atoms in total. The zero-order valence-corrected chi connectivity index (χ0v) is 20.8. The maximum atomic E-state index is 13.3. The van der Waals surface area contributed by atoms with Gasteiger partial charge in [-0.3, -0.25) is 14.4 Å². The van der Waals surface area contributed by atoms with Gasteiger partial charge in [-0.15, -0.1) is 11.3 Å². The lowest BCUT2D eigenvalue weighted by molar-refractivity contribution is -0.143. The molecule has 1 saturated heterocycles. The second-order valence-electron chi connectivity index (χ2n) is 9.65. The van der Waals surface area contributed by atoms with Crippen molar-refractivity contribution >= 4 is 29.1 Å². The van der Waals surface area contributed by atoms with E-state index in [1.54, 1.807) is 11.3 Å². The minimum absolute atomic E-state index is 0.0326. The molecule has 1 aliphatic rings. The summed E-state index contributed by atoms with van der Waals surface area (Å²) in [5, 5.41) is 15.8. The lowest BCUT2D eigenvalue weighted by atomic mass is 9.85. The first-order valence-corrected chi connectivity index (χ1v) is 12.1. The normalized spacial score (nSPS) is 19.1. The van der Waals surface area contributed by atoms with E-state index in [4.69, 9.17) is 5.73 Å².